The normalized spacial score (nSPS) is 10.4. The van der Waals surface area contributed by atoms with Gasteiger partial charge in [0, 0.05) is 27.6 Å². The topological polar surface area (TPSA) is 86.6 Å². The van der Waals surface area contributed by atoms with Crippen molar-refractivity contribution >= 4 is 28.5 Å². The molecule has 0 saturated heterocycles. The molecule has 2 heterocycles. The van der Waals surface area contributed by atoms with Gasteiger partial charge < -0.3 is 5.73 Å². The van der Waals surface area contributed by atoms with Gasteiger partial charge in [-0.1, -0.05) is 31.2 Å². The molecule has 0 spiro atoms. The van der Waals surface area contributed by atoms with E-state index in [4.69, 9.17) is 11.1 Å². The second-order valence-corrected chi connectivity index (χ2v) is 6.90. The number of thiazole rings is 1. The van der Waals surface area contributed by atoms with Crippen LogP contribution in [0.4, 0.5) is 0 Å². The Bertz CT molecular complexity index is 884. The number of nitrogen functional groups attached to an aromatic ring is 1. The van der Waals surface area contributed by atoms with Gasteiger partial charge in [-0.05, 0) is 12.0 Å². The number of thiophene rings is 1. The largest absolute Gasteiger partial charge is 0.383 e. The molecule has 0 radical (unpaired) electrons. The molecule has 0 bridgehead atoms. The molecule has 0 aliphatic heterocycles. The van der Waals surface area contributed by atoms with Gasteiger partial charge in [-0.3, -0.25) is 5.41 Å². The molecule has 0 atom stereocenters. The van der Waals surface area contributed by atoms with Crippen LogP contribution in [0.5, 0.6) is 0 Å². The van der Waals surface area contributed by atoms with Gasteiger partial charge in [-0.25, -0.2) is 4.98 Å². The number of hydrogen-bond acceptors (Lipinski definition) is 5. The first kappa shape index (κ1) is 15.4. The van der Waals surface area contributed by atoms with Crippen LogP contribution < -0.4 is 5.73 Å². The van der Waals surface area contributed by atoms with Gasteiger partial charge in [0.25, 0.3) is 0 Å². The molecule has 0 aliphatic rings. The van der Waals surface area contributed by atoms with Crippen molar-refractivity contribution in [3.63, 3.8) is 0 Å². The molecule has 3 N–H and O–H groups in total. The average Bonchev–Trinajstić information content (AvgIpc) is 3.22. The van der Waals surface area contributed by atoms with Gasteiger partial charge >= 0.3 is 0 Å². The summed E-state index contributed by atoms with van der Waals surface area (Å²) in [5, 5.41) is 20.2. The Morgan fingerprint density at radius 3 is 2.52 bits per heavy atom. The minimum absolute atomic E-state index is 0.00481. The van der Waals surface area contributed by atoms with Crippen LogP contribution in [0.25, 0.3) is 21.7 Å². The third kappa shape index (κ3) is 2.77. The van der Waals surface area contributed by atoms with E-state index in [2.05, 4.69) is 11.1 Å². The number of hydrogen-bond donors (Lipinski definition) is 2. The molecule has 1 aromatic carbocycles. The lowest BCUT2D eigenvalue weighted by Gasteiger charge is -2.05. The first-order valence-corrected chi connectivity index (χ1v) is 8.75. The molecule has 6 heteroatoms. The molecule has 3 aromatic rings. The zero-order valence-corrected chi connectivity index (χ0v) is 14.1. The Kier molecular flexibility index (Phi) is 4.24. The van der Waals surface area contributed by atoms with Crippen LogP contribution in [0.15, 0.2) is 35.8 Å². The monoisotopic (exact) mass is 338 g/mol. The number of nitriles is 1. The van der Waals surface area contributed by atoms with Crippen LogP contribution in [0.2, 0.25) is 0 Å². The maximum Gasteiger partial charge on any atom is 0.133 e. The van der Waals surface area contributed by atoms with E-state index in [9.17, 15) is 5.26 Å². The van der Waals surface area contributed by atoms with Crippen LogP contribution in [0.1, 0.15) is 22.2 Å². The molecule has 4 nitrogen and oxygen atoms in total. The van der Waals surface area contributed by atoms with Gasteiger partial charge in [0.1, 0.15) is 16.9 Å². The molecule has 2 aromatic heterocycles. The van der Waals surface area contributed by atoms with Crippen molar-refractivity contribution in [3.8, 4) is 27.8 Å². The zero-order chi connectivity index (χ0) is 16.4. The summed E-state index contributed by atoms with van der Waals surface area (Å²) in [6.07, 6.45) is 2.53. The highest BCUT2D eigenvalue weighted by Crippen LogP contribution is 2.37. The zero-order valence-electron chi connectivity index (χ0n) is 12.5. The third-order valence-electron chi connectivity index (χ3n) is 3.51. The minimum Gasteiger partial charge on any atom is -0.383 e. The summed E-state index contributed by atoms with van der Waals surface area (Å²) in [4.78, 5) is 5.94. The quantitative estimate of drug-likeness (QED) is 0.550. The van der Waals surface area contributed by atoms with Crippen molar-refractivity contribution in [1.29, 1.82) is 10.7 Å². The molecular formula is C17H14N4S2. The highest BCUT2D eigenvalue weighted by Gasteiger charge is 2.20. The van der Waals surface area contributed by atoms with E-state index in [0.717, 1.165) is 33.0 Å². The van der Waals surface area contributed by atoms with Crippen molar-refractivity contribution < 1.29 is 0 Å². The average molecular weight is 338 g/mol. The molecule has 0 fully saturated rings. The van der Waals surface area contributed by atoms with E-state index in [1.54, 1.807) is 17.5 Å². The molecule has 0 aliphatic carbocycles. The van der Waals surface area contributed by atoms with Crippen LogP contribution in [0, 0.1) is 16.7 Å². The Morgan fingerprint density at radius 2 is 2.00 bits per heavy atom. The van der Waals surface area contributed by atoms with Crippen LogP contribution in [-0.2, 0) is 6.42 Å². The number of aryl methyl sites for hydroxylation is 1. The van der Waals surface area contributed by atoms with Crippen molar-refractivity contribution in [1.82, 2.24) is 4.98 Å². The Balaban J connectivity index is 2.13. The summed E-state index contributed by atoms with van der Waals surface area (Å²) in [6, 6.07) is 10.2. The lowest BCUT2D eigenvalue weighted by atomic mass is 9.98. The smallest absolute Gasteiger partial charge is 0.133 e. The van der Waals surface area contributed by atoms with E-state index in [0.29, 0.717) is 10.4 Å². The van der Waals surface area contributed by atoms with Crippen molar-refractivity contribution in [3.05, 3.63) is 51.2 Å². The Morgan fingerprint density at radius 1 is 1.30 bits per heavy atom. The number of aromatic nitrogens is 1. The molecule has 23 heavy (non-hydrogen) atoms. The van der Waals surface area contributed by atoms with Crippen molar-refractivity contribution in [2.24, 2.45) is 5.73 Å². The fourth-order valence-corrected chi connectivity index (χ4v) is 4.17. The first-order valence-electron chi connectivity index (χ1n) is 7.06. The van der Waals surface area contributed by atoms with Crippen LogP contribution in [-0.4, -0.2) is 10.8 Å². The number of rotatable bonds is 4. The lowest BCUT2D eigenvalue weighted by Crippen LogP contribution is -2.10. The summed E-state index contributed by atoms with van der Waals surface area (Å²) < 4.78 is 0. The van der Waals surface area contributed by atoms with E-state index < -0.39 is 0 Å². The number of benzene rings is 1. The third-order valence-corrected chi connectivity index (χ3v) is 5.70. The molecule has 0 amide bonds. The lowest BCUT2D eigenvalue weighted by molar-refractivity contribution is 1.18. The summed E-state index contributed by atoms with van der Waals surface area (Å²) >= 11 is 3.02. The fourth-order valence-electron chi connectivity index (χ4n) is 2.46. The summed E-state index contributed by atoms with van der Waals surface area (Å²) in [5.74, 6) is 0.00481. The number of nitrogens with one attached hydrogen (secondary N) is 1. The highest BCUT2D eigenvalue weighted by molar-refractivity contribution is 7.15. The highest BCUT2D eigenvalue weighted by atomic mass is 32.1. The van der Waals surface area contributed by atoms with Crippen molar-refractivity contribution in [2.75, 3.05) is 0 Å². The van der Waals surface area contributed by atoms with Gasteiger partial charge in [-0.2, -0.15) is 5.26 Å². The fraction of sp³-hybridized carbons (Fsp3) is 0.118. The van der Waals surface area contributed by atoms with E-state index in [-0.39, 0.29) is 5.84 Å². The molecule has 0 saturated carbocycles. The second-order valence-electron chi connectivity index (χ2n) is 4.90. The second kappa shape index (κ2) is 6.32. The van der Waals surface area contributed by atoms with Gasteiger partial charge in [0.15, 0.2) is 0 Å². The molecule has 3 rings (SSSR count). The van der Waals surface area contributed by atoms with E-state index >= 15 is 0 Å². The molecule has 114 valence electrons. The number of amidine groups is 1. The van der Waals surface area contributed by atoms with Gasteiger partial charge in [-0.15, -0.1) is 22.7 Å². The van der Waals surface area contributed by atoms with Crippen molar-refractivity contribution in [2.45, 2.75) is 13.3 Å². The predicted molar refractivity (Wildman–Crippen MR) is 96.0 cm³/mol. The van der Waals surface area contributed by atoms with E-state index in [1.807, 2.05) is 36.6 Å². The van der Waals surface area contributed by atoms with Gasteiger partial charge in [0.05, 0.1) is 10.4 Å². The van der Waals surface area contributed by atoms with E-state index in [1.165, 1.54) is 11.3 Å². The Labute approximate surface area is 142 Å². The Hall–Kier alpha value is -2.49. The standard InChI is InChI=1S/C17H14N4S2/c1-2-13-12(9-18)14(15(23-13)16(19)20)10-3-5-11(6-4-10)17-21-7-8-22-17/h3-8H,2H2,1H3,(H3,19,20). The molecule has 0 unspecified atom stereocenters. The predicted octanol–water partition coefficient (Wildman–Crippen LogP) is 4.26. The number of nitrogens with zero attached hydrogens (tertiary/aromatic N) is 2. The van der Waals surface area contributed by atoms with Crippen LogP contribution >= 0.6 is 22.7 Å². The number of nitrogens with two attached hydrogens (primary N) is 1. The van der Waals surface area contributed by atoms with Crippen LogP contribution in [0.3, 0.4) is 0 Å². The first-order chi connectivity index (χ1) is 11.2. The molecular weight excluding hydrogens is 324 g/mol. The SMILES string of the molecule is CCc1sc(C(=N)N)c(-c2ccc(-c3nccs3)cc2)c1C#N. The summed E-state index contributed by atoms with van der Waals surface area (Å²) in [5.41, 5.74) is 9.07. The summed E-state index contributed by atoms with van der Waals surface area (Å²) in [6.45, 7) is 2.01. The van der Waals surface area contributed by atoms with Gasteiger partial charge in [0.2, 0.25) is 0 Å². The minimum atomic E-state index is 0.00481. The summed E-state index contributed by atoms with van der Waals surface area (Å²) in [7, 11) is 0. The maximum absolute atomic E-state index is 9.53. The maximum atomic E-state index is 9.53.